The van der Waals surface area contributed by atoms with E-state index in [1.54, 1.807) is 5.43 Å². The molecule has 11 nitrogen and oxygen atoms in total. The number of guanidine groups is 1. The minimum Gasteiger partial charge on any atom is -0.426 e. The van der Waals surface area contributed by atoms with Crippen LogP contribution >= 0.6 is 0 Å². The number of unbranched alkanes of at least 4 members (excludes halogenated alkanes) is 3. The van der Waals surface area contributed by atoms with Crippen LogP contribution in [0.25, 0.3) is 0 Å². The van der Waals surface area contributed by atoms with Gasteiger partial charge in [0.25, 0.3) is 5.96 Å². The van der Waals surface area contributed by atoms with E-state index in [4.69, 9.17) is 5.73 Å². The summed E-state index contributed by atoms with van der Waals surface area (Å²) in [4.78, 5) is 39.3. The van der Waals surface area contributed by atoms with E-state index < -0.39 is 29.9 Å². The molecule has 0 aliphatic heterocycles. The summed E-state index contributed by atoms with van der Waals surface area (Å²) < 4.78 is 0. The summed E-state index contributed by atoms with van der Waals surface area (Å²) in [5.41, 5.74) is 7.10. The molecule has 0 rings (SSSR count). The third-order valence-corrected chi connectivity index (χ3v) is 4.77. The highest BCUT2D eigenvalue weighted by Crippen LogP contribution is 2.17. The molecule has 0 fully saturated rings. The van der Waals surface area contributed by atoms with Gasteiger partial charge in [0, 0.05) is 25.3 Å². The fraction of sp³-hybridized carbons (Fsp3) is 0.842. The molecule has 0 spiro atoms. The molecule has 0 saturated heterocycles. The number of nitro groups is 1. The molecule has 1 amide bonds. The standard InChI is InChI=1S/C19H38BN5O6/c1-4-5-6-7-10-16(26)13-15(9-8-11-22-19(21)24-25(30)31)18(27)23-17(20(28)29)12-14(2)3/h14-15,17,28-29H,4-13H2,1-3H3,(H,23,27)(H3,21,22,24)/t15-,17+/m1/s1. The molecule has 2 atom stereocenters. The van der Waals surface area contributed by atoms with Crippen LogP contribution in [0.2, 0.25) is 0 Å². The molecule has 0 aromatic carbocycles. The summed E-state index contributed by atoms with van der Waals surface area (Å²) >= 11 is 0. The van der Waals surface area contributed by atoms with Crippen molar-refractivity contribution in [3.05, 3.63) is 10.1 Å². The maximum atomic E-state index is 12.8. The highest BCUT2D eigenvalue weighted by Gasteiger charge is 2.29. The number of nitrogens with two attached hydrogens (primary N) is 1. The molecule has 0 radical (unpaired) electrons. The van der Waals surface area contributed by atoms with E-state index >= 15 is 0 Å². The van der Waals surface area contributed by atoms with Crippen molar-refractivity contribution in [2.24, 2.45) is 22.6 Å². The van der Waals surface area contributed by atoms with Gasteiger partial charge in [0.2, 0.25) is 5.91 Å². The number of amides is 1. The number of hydrazine groups is 1. The number of carbonyl (C=O) groups is 2. The minimum atomic E-state index is -1.70. The lowest BCUT2D eigenvalue weighted by Gasteiger charge is -2.23. The van der Waals surface area contributed by atoms with Crippen molar-refractivity contribution in [3.8, 4) is 0 Å². The Morgan fingerprint density at radius 2 is 1.87 bits per heavy atom. The van der Waals surface area contributed by atoms with Crippen molar-refractivity contribution in [3.63, 3.8) is 0 Å². The fourth-order valence-electron chi connectivity index (χ4n) is 3.18. The lowest BCUT2D eigenvalue weighted by molar-refractivity contribution is -0.525. The average molecular weight is 443 g/mol. The van der Waals surface area contributed by atoms with Gasteiger partial charge in [0.1, 0.15) is 5.78 Å². The Kier molecular flexibility index (Phi) is 15.3. The van der Waals surface area contributed by atoms with Crippen molar-refractivity contribution in [1.29, 1.82) is 0 Å². The van der Waals surface area contributed by atoms with Gasteiger partial charge in [-0.3, -0.25) is 9.59 Å². The van der Waals surface area contributed by atoms with Gasteiger partial charge in [-0.1, -0.05) is 45.5 Å². The second-order valence-electron chi connectivity index (χ2n) is 8.19. The normalized spacial score (nSPS) is 13.5. The van der Waals surface area contributed by atoms with Gasteiger partial charge in [-0.2, -0.15) is 0 Å². The van der Waals surface area contributed by atoms with E-state index in [0.29, 0.717) is 25.7 Å². The molecule has 0 aliphatic carbocycles. The third-order valence-electron chi connectivity index (χ3n) is 4.77. The van der Waals surface area contributed by atoms with Crippen molar-refractivity contribution in [2.75, 3.05) is 6.54 Å². The molecular formula is C19H38BN5O6. The zero-order valence-corrected chi connectivity index (χ0v) is 18.9. The summed E-state index contributed by atoms with van der Waals surface area (Å²) in [5, 5.41) is 31.3. The van der Waals surface area contributed by atoms with Gasteiger partial charge in [-0.05, 0) is 31.6 Å². The quantitative estimate of drug-likeness (QED) is 0.0550. The molecule has 0 aliphatic rings. The van der Waals surface area contributed by atoms with Crippen LogP contribution in [0.3, 0.4) is 0 Å². The maximum absolute atomic E-state index is 12.8. The number of Topliss-reactive ketones (excluding diaryl/α,β-unsaturated/α-hetero) is 1. The Morgan fingerprint density at radius 3 is 2.42 bits per heavy atom. The van der Waals surface area contributed by atoms with Crippen molar-refractivity contribution < 1.29 is 24.7 Å². The Morgan fingerprint density at radius 1 is 1.19 bits per heavy atom. The van der Waals surface area contributed by atoms with Crippen LogP contribution in [-0.4, -0.2) is 52.3 Å². The van der Waals surface area contributed by atoms with E-state index in [0.717, 1.165) is 25.7 Å². The Hall–Kier alpha value is -2.21. The van der Waals surface area contributed by atoms with Gasteiger partial charge in [-0.25, -0.2) is 15.1 Å². The van der Waals surface area contributed by atoms with Crippen LogP contribution in [0.5, 0.6) is 0 Å². The molecule has 0 saturated carbocycles. The number of hydrogen-bond acceptors (Lipinski definition) is 7. The van der Waals surface area contributed by atoms with Crippen LogP contribution < -0.4 is 16.5 Å². The highest BCUT2D eigenvalue weighted by molar-refractivity contribution is 6.43. The molecule has 0 aromatic heterocycles. The molecule has 0 aromatic rings. The van der Waals surface area contributed by atoms with Crippen LogP contribution in [0.1, 0.15) is 78.6 Å². The zero-order chi connectivity index (χ0) is 23.8. The Balaban J connectivity index is 4.96. The Labute approximate surface area is 184 Å². The van der Waals surface area contributed by atoms with E-state index in [-0.39, 0.29) is 30.6 Å². The molecule has 6 N–H and O–H groups in total. The summed E-state index contributed by atoms with van der Waals surface area (Å²) in [6, 6.07) is 0. The number of ketones is 1. The molecule has 0 heterocycles. The van der Waals surface area contributed by atoms with Gasteiger partial charge < -0.3 is 21.1 Å². The first-order valence-electron chi connectivity index (χ1n) is 11.0. The van der Waals surface area contributed by atoms with Gasteiger partial charge >= 0.3 is 7.12 Å². The third kappa shape index (κ3) is 15.3. The first kappa shape index (κ1) is 28.8. The van der Waals surface area contributed by atoms with E-state index in [1.165, 1.54) is 0 Å². The predicted molar refractivity (Wildman–Crippen MR) is 119 cm³/mol. The van der Waals surface area contributed by atoms with Crippen LogP contribution in [0, 0.1) is 22.0 Å². The largest absolute Gasteiger partial charge is 0.475 e. The van der Waals surface area contributed by atoms with Gasteiger partial charge in [0.15, 0.2) is 5.03 Å². The first-order valence-corrected chi connectivity index (χ1v) is 11.0. The number of nitrogens with one attached hydrogen (secondary N) is 2. The Bertz CT molecular complexity index is 588. The molecule has 178 valence electrons. The molecule has 12 heteroatoms. The lowest BCUT2D eigenvalue weighted by Crippen LogP contribution is -2.49. The van der Waals surface area contributed by atoms with Crippen LogP contribution in [0.15, 0.2) is 4.99 Å². The highest BCUT2D eigenvalue weighted by atomic mass is 16.7. The smallest absolute Gasteiger partial charge is 0.426 e. The van der Waals surface area contributed by atoms with Crippen LogP contribution in [-0.2, 0) is 9.59 Å². The molecule has 31 heavy (non-hydrogen) atoms. The zero-order valence-electron chi connectivity index (χ0n) is 18.9. The topological polar surface area (TPSA) is 180 Å². The van der Waals surface area contributed by atoms with Crippen molar-refractivity contribution >= 4 is 24.8 Å². The number of aliphatic imine (C=N–C) groups is 1. The number of rotatable bonds is 17. The fourth-order valence-corrected chi connectivity index (χ4v) is 3.18. The van der Waals surface area contributed by atoms with Gasteiger partial charge in [0.05, 0.1) is 5.94 Å². The van der Waals surface area contributed by atoms with E-state index in [9.17, 15) is 29.8 Å². The summed E-state index contributed by atoms with van der Waals surface area (Å²) in [7, 11) is -1.70. The predicted octanol–water partition coefficient (Wildman–Crippen LogP) is 0.951. The number of hydrogen-bond donors (Lipinski definition) is 5. The summed E-state index contributed by atoms with van der Waals surface area (Å²) in [5.74, 6) is -2.10. The monoisotopic (exact) mass is 443 g/mol. The van der Waals surface area contributed by atoms with E-state index in [1.807, 2.05) is 13.8 Å². The van der Waals surface area contributed by atoms with Crippen molar-refractivity contribution in [2.45, 2.75) is 84.5 Å². The SMILES string of the molecule is CCCCCCC(=O)C[C@@H](CCCN=C(N)N[N+](=O)[O-])C(=O)N[C@@H](CC(C)C)B(O)O. The molecule has 0 unspecified atom stereocenters. The second kappa shape index (κ2) is 16.5. The maximum Gasteiger partial charge on any atom is 0.475 e. The van der Waals surface area contributed by atoms with Crippen molar-refractivity contribution in [1.82, 2.24) is 10.7 Å². The molecular weight excluding hydrogens is 405 g/mol. The lowest BCUT2D eigenvalue weighted by atomic mass is 9.74. The van der Waals surface area contributed by atoms with Gasteiger partial charge in [-0.15, -0.1) is 0 Å². The van der Waals surface area contributed by atoms with Crippen LogP contribution in [0.4, 0.5) is 0 Å². The summed E-state index contributed by atoms with van der Waals surface area (Å²) in [6.07, 6.45) is 5.41. The number of carbonyl (C=O) groups excluding carboxylic acids is 2. The minimum absolute atomic E-state index is 0.0146. The second-order valence-corrected chi connectivity index (χ2v) is 8.19. The molecule has 0 bridgehead atoms. The average Bonchev–Trinajstić information content (AvgIpc) is 2.66. The van der Waals surface area contributed by atoms with E-state index in [2.05, 4.69) is 17.2 Å². The number of nitrogens with zero attached hydrogens (tertiary/aromatic N) is 2. The summed E-state index contributed by atoms with van der Waals surface area (Å²) in [6.45, 7) is 6.04. The first-order chi connectivity index (χ1) is 14.6.